The van der Waals surface area contributed by atoms with E-state index in [0.717, 1.165) is 25.1 Å². The van der Waals surface area contributed by atoms with Gasteiger partial charge in [0.15, 0.2) is 5.60 Å². The summed E-state index contributed by atoms with van der Waals surface area (Å²) >= 11 is 1.67. The van der Waals surface area contributed by atoms with Gasteiger partial charge in [0.25, 0.3) is 5.91 Å². The van der Waals surface area contributed by atoms with E-state index >= 15 is 0 Å². The van der Waals surface area contributed by atoms with Gasteiger partial charge in [-0.05, 0) is 46.0 Å². The smallest absolute Gasteiger partial charge is 0.257 e. The number of benzene rings is 1. The molecule has 1 amide bonds. The fraction of sp³-hybridized carbons (Fsp3) is 0.360. The fourth-order valence-electron chi connectivity index (χ4n) is 4.86. The molecule has 0 saturated carbocycles. The summed E-state index contributed by atoms with van der Waals surface area (Å²) in [5.74, 6) is 0.0933. The molecule has 3 aromatic rings. The van der Waals surface area contributed by atoms with Gasteiger partial charge in [-0.25, -0.2) is 0 Å². The Balaban J connectivity index is 1.40. The maximum Gasteiger partial charge on any atom is 0.257 e. The van der Waals surface area contributed by atoms with Crippen LogP contribution in [0.4, 0.5) is 0 Å². The standard InChI is InChI=1S/C25H27N3O2S/c29-24-25(30-13-12-28(24)16-21-9-14-31-18-21)19-27(11-8-20-5-2-1-3-6-20)17-23(25)22-7-4-10-26-15-22/h1-7,9-10,14-15,18,23H,8,11-13,16-17,19H2/t23-,25+/m1/s1. The van der Waals surface area contributed by atoms with Crippen LogP contribution in [0.2, 0.25) is 0 Å². The predicted molar refractivity (Wildman–Crippen MR) is 122 cm³/mol. The molecule has 5 rings (SSSR count). The quantitative estimate of drug-likeness (QED) is 0.596. The Morgan fingerprint density at radius 2 is 2.03 bits per heavy atom. The fourth-order valence-corrected chi connectivity index (χ4v) is 5.52. The van der Waals surface area contributed by atoms with Crippen molar-refractivity contribution in [2.45, 2.75) is 24.5 Å². The highest BCUT2D eigenvalue weighted by molar-refractivity contribution is 7.07. The molecule has 0 radical (unpaired) electrons. The van der Waals surface area contributed by atoms with Crippen LogP contribution in [-0.4, -0.2) is 59.1 Å². The molecule has 31 heavy (non-hydrogen) atoms. The van der Waals surface area contributed by atoms with E-state index in [-0.39, 0.29) is 11.8 Å². The molecule has 2 aliphatic rings. The molecule has 5 nitrogen and oxygen atoms in total. The summed E-state index contributed by atoms with van der Waals surface area (Å²) in [5, 5.41) is 4.18. The van der Waals surface area contributed by atoms with Crippen LogP contribution in [0.1, 0.15) is 22.6 Å². The molecule has 4 heterocycles. The van der Waals surface area contributed by atoms with Crippen molar-refractivity contribution >= 4 is 17.2 Å². The van der Waals surface area contributed by atoms with Crippen molar-refractivity contribution in [2.75, 3.05) is 32.8 Å². The highest BCUT2D eigenvalue weighted by atomic mass is 32.1. The Hall–Kier alpha value is -2.54. The maximum absolute atomic E-state index is 13.8. The van der Waals surface area contributed by atoms with Crippen molar-refractivity contribution in [3.8, 4) is 0 Å². The van der Waals surface area contributed by atoms with E-state index in [1.54, 1.807) is 17.5 Å². The number of carbonyl (C=O) groups excluding carboxylic acids is 1. The van der Waals surface area contributed by atoms with Gasteiger partial charge in [-0.3, -0.25) is 14.7 Å². The first kappa shape index (κ1) is 20.4. The number of rotatable bonds is 6. The average molecular weight is 434 g/mol. The van der Waals surface area contributed by atoms with E-state index in [1.807, 2.05) is 23.2 Å². The molecule has 0 bridgehead atoms. The summed E-state index contributed by atoms with van der Waals surface area (Å²) in [5.41, 5.74) is 2.74. The zero-order valence-corrected chi connectivity index (χ0v) is 18.3. The molecule has 1 aromatic carbocycles. The Morgan fingerprint density at radius 3 is 2.81 bits per heavy atom. The molecule has 0 unspecified atom stereocenters. The molecule has 2 aromatic heterocycles. The molecule has 6 heteroatoms. The van der Waals surface area contributed by atoms with Gasteiger partial charge in [-0.15, -0.1) is 0 Å². The highest BCUT2D eigenvalue weighted by Crippen LogP contribution is 2.42. The number of hydrogen-bond donors (Lipinski definition) is 0. The Kier molecular flexibility index (Phi) is 5.85. The van der Waals surface area contributed by atoms with Gasteiger partial charge in [0.05, 0.1) is 6.61 Å². The van der Waals surface area contributed by atoms with E-state index in [2.05, 4.69) is 57.0 Å². The van der Waals surface area contributed by atoms with Crippen molar-refractivity contribution in [1.29, 1.82) is 0 Å². The van der Waals surface area contributed by atoms with E-state index in [9.17, 15) is 4.79 Å². The number of carbonyl (C=O) groups is 1. The van der Waals surface area contributed by atoms with Crippen molar-refractivity contribution < 1.29 is 9.53 Å². The molecular formula is C25H27N3O2S. The molecule has 2 atom stereocenters. The Labute approximate surface area is 187 Å². The van der Waals surface area contributed by atoms with Gasteiger partial charge in [0, 0.05) is 51.0 Å². The number of aromatic nitrogens is 1. The number of thiophene rings is 1. The van der Waals surface area contributed by atoms with Crippen molar-refractivity contribution in [1.82, 2.24) is 14.8 Å². The van der Waals surface area contributed by atoms with Crippen LogP contribution < -0.4 is 0 Å². The van der Waals surface area contributed by atoms with Crippen LogP contribution in [-0.2, 0) is 22.5 Å². The first-order valence-corrected chi connectivity index (χ1v) is 11.8. The van der Waals surface area contributed by atoms with Crippen LogP contribution in [0, 0.1) is 0 Å². The van der Waals surface area contributed by atoms with E-state index in [1.165, 1.54) is 11.1 Å². The van der Waals surface area contributed by atoms with Crippen LogP contribution in [0.25, 0.3) is 0 Å². The second-order valence-corrected chi connectivity index (χ2v) is 9.19. The lowest BCUT2D eigenvalue weighted by Crippen LogP contribution is -2.60. The van der Waals surface area contributed by atoms with Gasteiger partial charge >= 0.3 is 0 Å². The third-order valence-electron chi connectivity index (χ3n) is 6.43. The monoisotopic (exact) mass is 433 g/mol. The van der Waals surface area contributed by atoms with Gasteiger partial charge in [-0.2, -0.15) is 11.3 Å². The Morgan fingerprint density at radius 1 is 1.13 bits per heavy atom. The molecule has 1 spiro atoms. The first-order valence-electron chi connectivity index (χ1n) is 10.9. The molecule has 160 valence electrons. The normalized spacial score (nSPS) is 24.2. The van der Waals surface area contributed by atoms with Crippen LogP contribution in [0.15, 0.2) is 71.7 Å². The van der Waals surface area contributed by atoms with E-state index < -0.39 is 5.60 Å². The van der Waals surface area contributed by atoms with Gasteiger partial charge < -0.3 is 9.64 Å². The summed E-state index contributed by atoms with van der Waals surface area (Å²) in [7, 11) is 0. The van der Waals surface area contributed by atoms with E-state index in [4.69, 9.17) is 4.74 Å². The van der Waals surface area contributed by atoms with Crippen molar-refractivity contribution in [3.05, 3.63) is 88.4 Å². The number of pyridine rings is 1. The van der Waals surface area contributed by atoms with Gasteiger partial charge in [0.2, 0.25) is 0 Å². The third-order valence-corrected chi connectivity index (χ3v) is 7.16. The second kappa shape index (κ2) is 8.91. The minimum atomic E-state index is -0.839. The highest BCUT2D eigenvalue weighted by Gasteiger charge is 2.56. The first-order chi connectivity index (χ1) is 15.2. The largest absolute Gasteiger partial charge is 0.361 e. The minimum Gasteiger partial charge on any atom is -0.361 e. The second-order valence-electron chi connectivity index (χ2n) is 8.41. The molecule has 2 aliphatic heterocycles. The van der Waals surface area contributed by atoms with Gasteiger partial charge in [0.1, 0.15) is 0 Å². The number of hydrogen-bond acceptors (Lipinski definition) is 5. The number of amides is 1. The topological polar surface area (TPSA) is 45.7 Å². The number of ether oxygens (including phenoxy) is 1. The predicted octanol–water partition coefficient (Wildman–Crippen LogP) is 3.58. The number of nitrogens with zero attached hydrogens (tertiary/aromatic N) is 3. The van der Waals surface area contributed by atoms with Crippen molar-refractivity contribution in [3.63, 3.8) is 0 Å². The molecule has 0 aliphatic carbocycles. The lowest BCUT2D eigenvalue weighted by Gasteiger charge is -2.42. The lowest BCUT2D eigenvalue weighted by molar-refractivity contribution is -0.173. The number of likely N-dealkylation sites (tertiary alicyclic amines) is 1. The van der Waals surface area contributed by atoms with Crippen LogP contribution in [0.5, 0.6) is 0 Å². The Bertz CT molecular complexity index is 996. The zero-order valence-electron chi connectivity index (χ0n) is 17.5. The summed E-state index contributed by atoms with van der Waals surface area (Å²) in [4.78, 5) is 22.5. The lowest BCUT2D eigenvalue weighted by atomic mass is 9.83. The molecule has 2 saturated heterocycles. The SMILES string of the molecule is O=C1N(Cc2ccsc2)CCO[C@]12CN(CCc1ccccc1)C[C@@H]2c1cccnc1. The van der Waals surface area contributed by atoms with E-state index in [0.29, 0.717) is 26.2 Å². The summed E-state index contributed by atoms with van der Waals surface area (Å²) < 4.78 is 6.38. The minimum absolute atomic E-state index is 0.0188. The number of morpholine rings is 1. The maximum atomic E-state index is 13.8. The van der Waals surface area contributed by atoms with Crippen molar-refractivity contribution in [2.24, 2.45) is 0 Å². The molecule has 2 fully saturated rings. The molecular weight excluding hydrogens is 406 g/mol. The average Bonchev–Trinajstić information content (AvgIpc) is 3.45. The van der Waals surface area contributed by atoms with Crippen LogP contribution >= 0.6 is 11.3 Å². The third kappa shape index (κ3) is 4.15. The zero-order chi connectivity index (χ0) is 21.1. The summed E-state index contributed by atoms with van der Waals surface area (Å²) in [6, 6.07) is 16.7. The summed E-state index contributed by atoms with van der Waals surface area (Å²) in [6.45, 7) is 4.19. The van der Waals surface area contributed by atoms with Crippen LogP contribution in [0.3, 0.4) is 0 Å². The summed E-state index contributed by atoms with van der Waals surface area (Å²) in [6.07, 6.45) is 4.63. The molecule has 0 N–H and O–H groups in total. The van der Waals surface area contributed by atoms with Gasteiger partial charge in [-0.1, -0.05) is 36.4 Å².